The molecule has 0 bridgehead atoms. The Hall–Kier alpha value is -1.41. The topological polar surface area (TPSA) is 46.6 Å². The molecule has 28 heavy (non-hydrogen) atoms. The molecule has 1 atom stereocenters. The van der Waals surface area contributed by atoms with Crippen LogP contribution < -0.4 is 0 Å². The summed E-state index contributed by atoms with van der Waals surface area (Å²) in [7, 11) is 0. The van der Waals surface area contributed by atoms with Crippen LogP contribution in [-0.2, 0) is 14.3 Å². The molecule has 1 heterocycles. The molecule has 0 spiro atoms. The molecule has 0 saturated carbocycles. The monoisotopic (exact) mass is 415 g/mol. The van der Waals surface area contributed by atoms with E-state index in [1.54, 1.807) is 0 Å². The number of rotatable bonds is 12. The number of alkyl halides is 5. The van der Waals surface area contributed by atoms with Gasteiger partial charge in [-0.25, -0.2) is 4.79 Å². The van der Waals surface area contributed by atoms with Crippen LogP contribution in [0.25, 0.3) is 0 Å². The molecule has 0 radical (unpaired) electrons. The number of hydrogen-bond acceptors (Lipinski definition) is 3. The third kappa shape index (κ3) is 7.20. The lowest BCUT2D eigenvalue weighted by Crippen LogP contribution is -2.55. The third-order valence-electron chi connectivity index (χ3n) is 4.90. The molecule has 164 valence electrons. The van der Waals surface area contributed by atoms with Gasteiger partial charge in [-0.15, -0.1) is 0 Å². The number of nitrogens with zero attached hydrogens (tertiary/aromatic N) is 1. The predicted octanol–water partition coefficient (Wildman–Crippen LogP) is 5.25. The molecular formula is C19H30F5NO3. The molecule has 9 heteroatoms. The Kier molecular flexibility index (Phi) is 10.2. The molecule has 1 rings (SSSR count). The summed E-state index contributed by atoms with van der Waals surface area (Å²) < 4.78 is 68.7. The van der Waals surface area contributed by atoms with Crippen LogP contribution in [0.2, 0.25) is 0 Å². The highest BCUT2D eigenvalue weighted by Gasteiger charge is 2.65. The summed E-state index contributed by atoms with van der Waals surface area (Å²) in [6, 6.07) is -1.38. The average molecular weight is 415 g/mol. The van der Waals surface area contributed by atoms with Gasteiger partial charge in [-0.2, -0.15) is 22.0 Å². The van der Waals surface area contributed by atoms with Crippen LogP contribution in [0.1, 0.15) is 77.6 Å². The molecule has 1 unspecified atom stereocenters. The van der Waals surface area contributed by atoms with Gasteiger partial charge in [0.2, 0.25) is 0 Å². The minimum absolute atomic E-state index is 0.0241. The summed E-state index contributed by atoms with van der Waals surface area (Å²) in [4.78, 5) is 23.9. The van der Waals surface area contributed by atoms with Crippen LogP contribution in [0.5, 0.6) is 0 Å². The van der Waals surface area contributed by atoms with Gasteiger partial charge in [0.05, 0.1) is 6.61 Å². The van der Waals surface area contributed by atoms with Gasteiger partial charge in [-0.1, -0.05) is 58.3 Å². The van der Waals surface area contributed by atoms with E-state index >= 15 is 0 Å². The van der Waals surface area contributed by atoms with Gasteiger partial charge < -0.3 is 9.64 Å². The van der Waals surface area contributed by atoms with E-state index in [9.17, 15) is 31.5 Å². The number of amides is 1. The molecule has 1 fully saturated rings. The predicted molar refractivity (Wildman–Crippen MR) is 93.9 cm³/mol. The van der Waals surface area contributed by atoms with Crippen molar-refractivity contribution >= 4 is 11.9 Å². The summed E-state index contributed by atoms with van der Waals surface area (Å²) in [5.74, 6) is -8.81. The first-order valence-electron chi connectivity index (χ1n) is 10.0. The largest absolute Gasteiger partial charge is 0.464 e. The van der Waals surface area contributed by atoms with Gasteiger partial charge in [0.1, 0.15) is 6.04 Å². The molecule has 1 aliphatic rings. The fourth-order valence-electron chi connectivity index (χ4n) is 3.24. The van der Waals surface area contributed by atoms with Crippen LogP contribution in [-0.4, -0.2) is 48.1 Å². The minimum atomic E-state index is -5.99. The van der Waals surface area contributed by atoms with Gasteiger partial charge in [-0.05, 0) is 19.3 Å². The number of carbonyl (C=O) groups excluding carboxylic acids is 2. The zero-order chi connectivity index (χ0) is 21.2. The van der Waals surface area contributed by atoms with Crippen molar-refractivity contribution in [3.05, 3.63) is 0 Å². The average Bonchev–Trinajstić information content (AvgIpc) is 3.11. The standard InChI is InChI=1S/C19H30F5NO3/c1-2-3-4-5-6-7-8-9-10-14-28-16(26)15-12-11-13-25(15)17(27)18(20,21)19(22,23)24/h15H,2-14H2,1H3. The number of carbonyl (C=O) groups is 2. The quantitative estimate of drug-likeness (QED) is 0.249. The van der Waals surface area contributed by atoms with Gasteiger partial charge in [0.25, 0.3) is 0 Å². The molecule has 1 amide bonds. The highest BCUT2D eigenvalue weighted by Crippen LogP contribution is 2.38. The maximum atomic E-state index is 13.3. The third-order valence-corrected chi connectivity index (χ3v) is 4.90. The molecule has 0 aromatic rings. The summed E-state index contributed by atoms with van der Waals surface area (Å²) in [5, 5.41) is 0. The summed E-state index contributed by atoms with van der Waals surface area (Å²) in [5.41, 5.74) is 0. The lowest BCUT2D eigenvalue weighted by Gasteiger charge is -2.28. The summed E-state index contributed by atoms with van der Waals surface area (Å²) >= 11 is 0. The van der Waals surface area contributed by atoms with Crippen LogP contribution >= 0.6 is 0 Å². The molecule has 4 nitrogen and oxygen atoms in total. The van der Waals surface area contributed by atoms with Crippen molar-refractivity contribution < 1.29 is 36.3 Å². The SMILES string of the molecule is CCCCCCCCCCCOC(=O)C1CCCN1C(=O)C(F)(F)C(F)(F)F. The first kappa shape index (κ1) is 24.6. The Labute approximate surface area is 162 Å². The van der Waals surface area contributed by atoms with E-state index in [0.29, 0.717) is 11.3 Å². The van der Waals surface area contributed by atoms with Crippen molar-refractivity contribution in [3.63, 3.8) is 0 Å². The Morgan fingerprint density at radius 3 is 2.00 bits per heavy atom. The van der Waals surface area contributed by atoms with E-state index in [1.165, 1.54) is 25.7 Å². The number of likely N-dealkylation sites (tertiary alicyclic amines) is 1. The number of unbranched alkanes of at least 4 members (excludes halogenated alkanes) is 8. The first-order chi connectivity index (χ1) is 13.1. The van der Waals surface area contributed by atoms with E-state index in [1.807, 2.05) is 0 Å². The molecule has 1 aliphatic heterocycles. The van der Waals surface area contributed by atoms with Crippen molar-refractivity contribution in [1.29, 1.82) is 0 Å². The van der Waals surface area contributed by atoms with Crippen LogP contribution in [0.3, 0.4) is 0 Å². The molecule has 0 aromatic heterocycles. The van der Waals surface area contributed by atoms with Crippen molar-refractivity contribution in [3.8, 4) is 0 Å². The molecule has 0 N–H and O–H groups in total. The van der Waals surface area contributed by atoms with Crippen molar-refractivity contribution in [2.45, 2.75) is 95.7 Å². The highest BCUT2D eigenvalue weighted by molar-refractivity contribution is 5.89. The molecule has 0 aliphatic carbocycles. The maximum Gasteiger partial charge on any atom is 0.463 e. The zero-order valence-corrected chi connectivity index (χ0v) is 16.3. The van der Waals surface area contributed by atoms with Crippen LogP contribution in [0.15, 0.2) is 0 Å². The highest BCUT2D eigenvalue weighted by atomic mass is 19.4. The van der Waals surface area contributed by atoms with Gasteiger partial charge in [-0.3, -0.25) is 4.79 Å². The van der Waals surface area contributed by atoms with E-state index < -0.39 is 30.0 Å². The van der Waals surface area contributed by atoms with Gasteiger partial charge >= 0.3 is 24.0 Å². The van der Waals surface area contributed by atoms with Crippen LogP contribution in [0, 0.1) is 0 Å². The zero-order valence-electron chi connectivity index (χ0n) is 16.3. The fraction of sp³-hybridized carbons (Fsp3) is 0.895. The lowest BCUT2D eigenvalue weighted by atomic mass is 10.1. The van der Waals surface area contributed by atoms with E-state index in [-0.39, 0.29) is 26.0 Å². The molecular weight excluding hydrogens is 385 g/mol. The maximum absolute atomic E-state index is 13.3. The molecule has 1 saturated heterocycles. The first-order valence-corrected chi connectivity index (χ1v) is 10.0. The minimum Gasteiger partial charge on any atom is -0.464 e. The van der Waals surface area contributed by atoms with Crippen LogP contribution in [0.4, 0.5) is 22.0 Å². The number of esters is 1. The Bertz CT molecular complexity index is 496. The normalized spacial score (nSPS) is 17.8. The summed E-state index contributed by atoms with van der Waals surface area (Å²) in [6.07, 6.45) is 3.78. The van der Waals surface area contributed by atoms with E-state index in [0.717, 1.165) is 25.7 Å². The number of hydrogen-bond donors (Lipinski definition) is 0. The number of halogens is 5. The van der Waals surface area contributed by atoms with Crippen molar-refractivity contribution in [2.75, 3.05) is 13.2 Å². The van der Waals surface area contributed by atoms with Crippen molar-refractivity contribution in [1.82, 2.24) is 4.90 Å². The second-order valence-corrected chi connectivity index (χ2v) is 7.22. The lowest BCUT2D eigenvalue weighted by molar-refractivity contribution is -0.274. The second-order valence-electron chi connectivity index (χ2n) is 7.22. The number of ether oxygens (including phenoxy) is 1. The smallest absolute Gasteiger partial charge is 0.463 e. The van der Waals surface area contributed by atoms with Crippen molar-refractivity contribution in [2.24, 2.45) is 0 Å². The second kappa shape index (κ2) is 11.6. The van der Waals surface area contributed by atoms with Gasteiger partial charge in [0, 0.05) is 6.54 Å². The molecule has 0 aromatic carbocycles. The Morgan fingerprint density at radius 2 is 1.46 bits per heavy atom. The van der Waals surface area contributed by atoms with E-state index in [4.69, 9.17) is 4.74 Å². The Balaban J connectivity index is 2.31. The summed E-state index contributed by atoms with van der Waals surface area (Å²) in [6.45, 7) is 1.91. The fourth-order valence-corrected chi connectivity index (χ4v) is 3.24. The van der Waals surface area contributed by atoms with Gasteiger partial charge in [0.15, 0.2) is 0 Å². The van der Waals surface area contributed by atoms with E-state index in [2.05, 4.69) is 6.92 Å². The Morgan fingerprint density at radius 1 is 0.929 bits per heavy atom.